The number of anilines is 1. The van der Waals surface area contributed by atoms with Gasteiger partial charge in [0.1, 0.15) is 17.2 Å². The molecule has 1 saturated carbocycles. The number of aromatic nitrogens is 2. The number of benzene rings is 1. The molecular weight excluding hydrogens is 446 g/mol. The lowest BCUT2D eigenvalue weighted by atomic mass is 9.95. The molecular formula is C23H26BrN3O3. The van der Waals surface area contributed by atoms with E-state index in [0.29, 0.717) is 24.0 Å². The lowest BCUT2D eigenvalue weighted by Gasteiger charge is -2.24. The topological polar surface area (TPSA) is 64.9 Å². The van der Waals surface area contributed by atoms with Crippen LogP contribution in [-0.2, 0) is 4.79 Å². The first kappa shape index (κ1) is 20.7. The maximum atomic E-state index is 11.7. The van der Waals surface area contributed by atoms with Crippen molar-refractivity contribution in [3.05, 3.63) is 41.0 Å². The maximum Gasteiger partial charge on any atom is 0.311 e. The van der Waals surface area contributed by atoms with Crippen molar-refractivity contribution in [3.8, 4) is 22.8 Å². The fraction of sp³-hybridized carbons (Fsp3) is 0.391. The standard InChI is InChI=1S/C23H26BrN3O3/c1-3-21(28)30-18-11-9-15(13-19(18)29-2)22-23(25-17-7-5-4-6-8-17)27-14-16(24)10-12-20(27)26-22/h9-14,17,25H,3-8H2,1-2H3. The van der Waals surface area contributed by atoms with E-state index in [0.717, 1.165) is 40.0 Å². The third kappa shape index (κ3) is 4.31. The van der Waals surface area contributed by atoms with Crippen molar-refractivity contribution in [2.24, 2.45) is 0 Å². The van der Waals surface area contributed by atoms with Gasteiger partial charge >= 0.3 is 5.97 Å². The van der Waals surface area contributed by atoms with E-state index >= 15 is 0 Å². The molecule has 1 N–H and O–H groups in total. The second-order valence-corrected chi connectivity index (χ2v) is 8.47. The van der Waals surface area contributed by atoms with Crippen molar-refractivity contribution >= 4 is 33.4 Å². The highest BCUT2D eigenvalue weighted by atomic mass is 79.9. The van der Waals surface area contributed by atoms with E-state index in [1.54, 1.807) is 20.1 Å². The Labute approximate surface area is 184 Å². The molecule has 30 heavy (non-hydrogen) atoms. The molecule has 2 aromatic heterocycles. The molecule has 3 aromatic rings. The van der Waals surface area contributed by atoms with Crippen LogP contribution in [-0.4, -0.2) is 28.5 Å². The van der Waals surface area contributed by atoms with Crippen LogP contribution < -0.4 is 14.8 Å². The largest absolute Gasteiger partial charge is 0.493 e. The van der Waals surface area contributed by atoms with Gasteiger partial charge in [-0.05, 0) is 59.1 Å². The van der Waals surface area contributed by atoms with Gasteiger partial charge in [0.25, 0.3) is 0 Å². The molecule has 1 aliphatic rings. The van der Waals surface area contributed by atoms with Gasteiger partial charge in [0.15, 0.2) is 11.5 Å². The molecule has 0 radical (unpaired) electrons. The van der Waals surface area contributed by atoms with Gasteiger partial charge in [-0.15, -0.1) is 0 Å². The van der Waals surface area contributed by atoms with Crippen molar-refractivity contribution in [1.82, 2.24) is 9.38 Å². The number of carbonyl (C=O) groups excluding carboxylic acids is 1. The number of methoxy groups -OCH3 is 1. The lowest BCUT2D eigenvalue weighted by Crippen LogP contribution is -2.23. The Morgan fingerprint density at radius 1 is 1.20 bits per heavy atom. The monoisotopic (exact) mass is 471 g/mol. The molecule has 7 heteroatoms. The molecule has 0 amide bonds. The van der Waals surface area contributed by atoms with E-state index < -0.39 is 0 Å². The van der Waals surface area contributed by atoms with E-state index in [-0.39, 0.29) is 5.97 Å². The molecule has 6 nitrogen and oxygen atoms in total. The average molecular weight is 472 g/mol. The molecule has 0 unspecified atom stereocenters. The van der Waals surface area contributed by atoms with Gasteiger partial charge in [0.05, 0.1) is 7.11 Å². The molecule has 2 heterocycles. The van der Waals surface area contributed by atoms with Crippen LogP contribution in [0.1, 0.15) is 45.4 Å². The molecule has 1 aliphatic carbocycles. The predicted molar refractivity (Wildman–Crippen MR) is 121 cm³/mol. The van der Waals surface area contributed by atoms with Crippen molar-refractivity contribution < 1.29 is 14.3 Å². The molecule has 0 atom stereocenters. The van der Waals surface area contributed by atoms with Crippen molar-refractivity contribution in [3.63, 3.8) is 0 Å². The summed E-state index contributed by atoms with van der Waals surface area (Å²) in [5, 5.41) is 3.75. The van der Waals surface area contributed by atoms with Crippen LogP contribution in [0.2, 0.25) is 0 Å². The van der Waals surface area contributed by atoms with E-state index in [2.05, 4.69) is 25.6 Å². The van der Waals surface area contributed by atoms with Gasteiger partial charge in [-0.25, -0.2) is 4.98 Å². The number of carbonyl (C=O) groups is 1. The minimum atomic E-state index is -0.293. The number of ether oxygens (including phenoxy) is 2. The predicted octanol–water partition coefficient (Wildman–Crippen LogP) is 5.83. The Kier molecular flexibility index (Phi) is 6.27. The molecule has 0 spiro atoms. The van der Waals surface area contributed by atoms with E-state index in [4.69, 9.17) is 14.5 Å². The smallest absolute Gasteiger partial charge is 0.311 e. The van der Waals surface area contributed by atoms with Crippen LogP contribution in [0.4, 0.5) is 5.82 Å². The van der Waals surface area contributed by atoms with Gasteiger partial charge in [-0.1, -0.05) is 26.2 Å². The Morgan fingerprint density at radius 2 is 2.00 bits per heavy atom. The molecule has 1 fully saturated rings. The summed E-state index contributed by atoms with van der Waals surface area (Å²) >= 11 is 3.57. The Hall–Kier alpha value is -2.54. The summed E-state index contributed by atoms with van der Waals surface area (Å²) in [7, 11) is 1.57. The first-order valence-electron chi connectivity index (χ1n) is 10.4. The van der Waals surface area contributed by atoms with Crippen LogP contribution in [0.25, 0.3) is 16.9 Å². The zero-order valence-corrected chi connectivity index (χ0v) is 18.9. The zero-order chi connectivity index (χ0) is 21.1. The summed E-state index contributed by atoms with van der Waals surface area (Å²) in [6.07, 6.45) is 8.47. The van der Waals surface area contributed by atoms with Gasteiger partial charge < -0.3 is 14.8 Å². The van der Waals surface area contributed by atoms with E-state index in [9.17, 15) is 4.79 Å². The summed E-state index contributed by atoms with van der Waals surface area (Å²) in [4.78, 5) is 16.6. The van der Waals surface area contributed by atoms with Crippen molar-refractivity contribution in [2.45, 2.75) is 51.5 Å². The number of nitrogens with zero attached hydrogens (tertiary/aromatic N) is 2. The molecule has 4 rings (SSSR count). The Morgan fingerprint density at radius 3 is 2.73 bits per heavy atom. The minimum absolute atomic E-state index is 0.293. The third-order valence-corrected chi connectivity index (χ3v) is 5.95. The lowest BCUT2D eigenvalue weighted by molar-refractivity contribution is -0.134. The number of imidazole rings is 1. The average Bonchev–Trinajstić information content (AvgIpc) is 3.12. The van der Waals surface area contributed by atoms with Gasteiger partial charge in [0, 0.05) is 28.7 Å². The second kappa shape index (κ2) is 9.08. The summed E-state index contributed by atoms with van der Waals surface area (Å²) < 4.78 is 14.0. The van der Waals surface area contributed by atoms with Crippen molar-refractivity contribution in [1.29, 1.82) is 0 Å². The van der Waals surface area contributed by atoms with Crippen LogP contribution in [0, 0.1) is 0 Å². The number of rotatable bonds is 6. The van der Waals surface area contributed by atoms with Gasteiger partial charge in [-0.3, -0.25) is 9.20 Å². The molecule has 158 valence electrons. The summed E-state index contributed by atoms with van der Waals surface area (Å²) in [6.45, 7) is 1.77. The molecule has 0 aliphatic heterocycles. The highest BCUT2D eigenvalue weighted by Crippen LogP contribution is 2.37. The quantitative estimate of drug-likeness (QED) is 0.361. The van der Waals surface area contributed by atoms with E-state index in [1.807, 2.05) is 30.5 Å². The number of halogens is 1. The van der Waals surface area contributed by atoms with Gasteiger partial charge in [0.2, 0.25) is 0 Å². The summed E-state index contributed by atoms with van der Waals surface area (Å²) in [6, 6.07) is 9.98. The zero-order valence-electron chi connectivity index (χ0n) is 17.3. The first-order valence-corrected chi connectivity index (χ1v) is 11.2. The normalized spacial score (nSPS) is 14.6. The Balaban J connectivity index is 1.77. The molecule has 0 saturated heterocycles. The second-order valence-electron chi connectivity index (χ2n) is 7.56. The van der Waals surface area contributed by atoms with Crippen LogP contribution >= 0.6 is 15.9 Å². The fourth-order valence-corrected chi connectivity index (χ4v) is 4.23. The summed E-state index contributed by atoms with van der Waals surface area (Å²) in [5.41, 5.74) is 2.62. The highest BCUT2D eigenvalue weighted by Gasteiger charge is 2.21. The third-order valence-electron chi connectivity index (χ3n) is 5.48. The molecule has 0 bridgehead atoms. The summed E-state index contributed by atoms with van der Waals surface area (Å²) in [5.74, 6) is 1.61. The van der Waals surface area contributed by atoms with Gasteiger partial charge in [-0.2, -0.15) is 0 Å². The minimum Gasteiger partial charge on any atom is -0.493 e. The fourth-order valence-electron chi connectivity index (χ4n) is 3.89. The number of hydrogen-bond donors (Lipinski definition) is 1. The Bertz CT molecular complexity index is 1060. The van der Waals surface area contributed by atoms with Crippen LogP contribution in [0.15, 0.2) is 41.0 Å². The van der Waals surface area contributed by atoms with Crippen LogP contribution in [0.3, 0.4) is 0 Å². The number of hydrogen-bond acceptors (Lipinski definition) is 5. The number of esters is 1. The van der Waals surface area contributed by atoms with Crippen molar-refractivity contribution in [2.75, 3.05) is 12.4 Å². The number of nitrogens with one attached hydrogen (secondary N) is 1. The number of fused-ring (bicyclic) bond motifs is 1. The van der Waals surface area contributed by atoms with E-state index in [1.165, 1.54) is 19.3 Å². The first-order chi connectivity index (χ1) is 14.6. The highest BCUT2D eigenvalue weighted by molar-refractivity contribution is 9.10. The molecule has 1 aromatic carbocycles. The maximum absolute atomic E-state index is 11.7. The van der Waals surface area contributed by atoms with Crippen LogP contribution in [0.5, 0.6) is 11.5 Å². The SMILES string of the molecule is CCC(=O)Oc1ccc(-c2nc3ccc(Br)cn3c2NC2CCCCC2)cc1OC. The number of pyridine rings is 1.